The van der Waals surface area contributed by atoms with Crippen molar-refractivity contribution < 1.29 is 18.7 Å². The Bertz CT molecular complexity index is 951. The van der Waals surface area contributed by atoms with Gasteiger partial charge < -0.3 is 15.0 Å². The highest BCUT2D eigenvalue weighted by Gasteiger charge is 2.19. The molecule has 0 radical (unpaired) electrons. The minimum Gasteiger partial charge on any atom is -0.452 e. The topological polar surface area (TPSA) is 112 Å². The number of thioether (sulfide) groups is 1. The Morgan fingerprint density at radius 1 is 1.37 bits per heavy atom. The molecule has 1 atom stereocenters. The van der Waals surface area contributed by atoms with Gasteiger partial charge in [-0.25, -0.2) is 4.39 Å². The molecule has 0 unspecified atom stereocenters. The zero-order chi connectivity index (χ0) is 20.0. The third-order valence-corrected chi connectivity index (χ3v) is 4.42. The van der Waals surface area contributed by atoms with Crippen LogP contribution in [0.2, 0.25) is 0 Å². The van der Waals surface area contributed by atoms with Gasteiger partial charge in [0.05, 0.1) is 16.3 Å². The van der Waals surface area contributed by atoms with E-state index in [4.69, 9.17) is 10.00 Å². The molecule has 140 valence electrons. The Labute approximate surface area is 158 Å². The number of aromatic nitrogens is 1. The maximum atomic E-state index is 12.9. The molecule has 1 aromatic heterocycles. The molecule has 0 spiro atoms. The summed E-state index contributed by atoms with van der Waals surface area (Å²) in [6.07, 6.45) is -1.07. The number of aryl methyl sites for hydroxylation is 1. The van der Waals surface area contributed by atoms with E-state index < -0.39 is 23.8 Å². The van der Waals surface area contributed by atoms with E-state index in [1.807, 2.05) is 6.07 Å². The number of H-pyrrole nitrogens is 1. The number of rotatable bonds is 6. The lowest BCUT2D eigenvalue weighted by molar-refractivity contribution is -0.150. The molecular formula is C18H16FN3O4S. The number of hydrogen-bond acceptors (Lipinski definition) is 6. The standard InChI is InChI=1S/C18H16FN3O4S/c1-10-7-15(23)22-18(14(10)8-20)27-9-16(24)26-11(2)17(25)21-13-5-3-12(19)4-6-13/h3-7,11H,9H2,1-2H3,(H,21,25)(H,22,23)/t11-/m1/s1. The molecule has 27 heavy (non-hydrogen) atoms. The Morgan fingerprint density at radius 3 is 2.67 bits per heavy atom. The molecule has 1 amide bonds. The summed E-state index contributed by atoms with van der Waals surface area (Å²) in [6, 6.07) is 8.42. The number of nitriles is 1. The van der Waals surface area contributed by atoms with Crippen molar-refractivity contribution in [1.29, 1.82) is 5.26 Å². The van der Waals surface area contributed by atoms with Crippen LogP contribution in [0.15, 0.2) is 40.2 Å². The number of benzene rings is 1. The SMILES string of the molecule is Cc1cc(=O)[nH]c(SCC(=O)O[C@H](C)C(=O)Nc2ccc(F)cc2)c1C#N. The van der Waals surface area contributed by atoms with Crippen molar-refractivity contribution in [3.05, 3.63) is 57.6 Å². The summed E-state index contributed by atoms with van der Waals surface area (Å²) in [5.41, 5.74) is 0.766. The van der Waals surface area contributed by atoms with Gasteiger partial charge in [0.1, 0.15) is 11.9 Å². The average Bonchev–Trinajstić information content (AvgIpc) is 2.61. The van der Waals surface area contributed by atoms with Crippen LogP contribution in [-0.2, 0) is 14.3 Å². The lowest BCUT2D eigenvalue weighted by atomic mass is 10.2. The fourth-order valence-corrected chi connectivity index (χ4v) is 2.95. The summed E-state index contributed by atoms with van der Waals surface area (Å²) in [7, 11) is 0. The quantitative estimate of drug-likeness (QED) is 0.579. The Kier molecular flexibility index (Phi) is 6.73. The van der Waals surface area contributed by atoms with E-state index in [-0.39, 0.29) is 21.9 Å². The number of carbonyl (C=O) groups excluding carboxylic acids is 2. The van der Waals surface area contributed by atoms with Crippen LogP contribution in [0, 0.1) is 24.1 Å². The minimum absolute atomic E-state index is 0.192. The Balaban J connectivity index is 1.92. The van der Waals surface area contributed by atoms with E-state index in [0.717, 1.165) is 11.8 Å². The number of nitrogens with one attached hydrogen (secondary N) is 2. The number of esters is 1. The molecule has 1 heterocycles. The van der Waals surface area contributed by atoms with Crippen molar-refractivity contribution in [2.24, 2.45) is 0 Å². The molecule has 2 N–H and O–H groups in total. The van der Waals surface area contributed by atoms with E-state index in [1.165, 1.54) is 37.3 Å². The van der Waals surface area contributed by atoms with Crippen molar-refractivity contribution in [2.45, 2.75) is 25.0 Å². The van der Waals surface area contributed by atoms with Gasteiger partial charge in [-0.15, -0.1) is 0 Å². The first-order valence-corrected chi connectivity index (χ1v) is 8.81. The molecule has 0 aliphatic carbocycles. The summed E-state index contributed by atoms with van der Waals surface area (Å²) in [6.45, 7) is 3.02. The molecule has 1 aromatic carbocycles. The van der Waals surface area contributed by atoms with Crippen LogP contribution in [-0.4, -0.2) is 28.7 Å². The van der Waals surface area contributed by atoms with Crippen LogP contribution in [0.5, 0.6) is 0 Å². The number of carbonyl (C=O) groups is 2. The number of ether oxygens (including phenoxy) is 1. The lowest BCUT2D eigenvalue weighted by Gasteiger charge is -2.13. The second-order valence-corrected chi connectivity index (χ2v) is 6.54. The van der Waals surface area contributed by atoms with Gasteiger partial charge in [0.15, 0.2) is 6.10 Å². The molecule has 9 heteroatoms. The highest BCUT2D eigenvalue weighted by molar-refractivity contribution is 7.99. The van der Waals surface area contributed by atoms with Crippen molar-refractivity contribution in [3.8, 4) is 6.07 Å². The van der Waals surface area contributed by atoms with Gasteiger partial charge in [-0.3, -0.25) is 14.4 Å². The van der Waals surface area contributed by atoms with E-state index in [2.05, 4.69) is 10.3 Å². The van der Waals surface area contributed by atoms with Crippen molar-refractivity contribution in [1.82, 2.24) is 4.98 Å². The number of hydrogen-bond donors (Lipinski definition) is 2. The van der Waals surface area contributed by atoms with Gasteiger partial charge in [-0.1, -0.05) is 11.8 Å². The van der Waals surface area contributed by atoms with E-state index in [9.17, 15) is 18.8 Å². The van der Waals surface area contributed by atoms with Crippen LogP contribution in [0.25, 0.3) is 0 Å². The number of aromatic amines is 1. The van der Waals surface area contributed by atoms with Crippen LogP contribution in [0.4, 0.5) is 10.1 Å². The first-order chi connectivity index (χ1) is 12.8. The molecule has 0 aliphatic rings. The first-order valence-electron chi connectivity index (χ1n) is 7.83. The molecule has 2 rings (SSSR count). The zero-order valence-corrected chi connectivity index (χ0v) is 15.4. The number of amides is 1. The van der Waals surface area contributed by atoms with E-state index >= 15 is 0 Å². The van der Waals surface area contributed by atoms with Gasteiger partial charge >= 0.3 is 5.97 Å². The predicted octanol–water partition coefficient (Wildman–Crippen LogP) is 2.36. The normalized spacial score (nSPS) is 11.3. The van der Waals surface area contributed by atoms with E-state index in [0.29, 0.717) is 11.3 Å². The summed E-state index contributed by atoms with van der Waals surface area (Å²) in [5, 5.41) is 11.9. The smallest absolute Gasteiger partial charge is 0.317 e. The van der Waals surface area contributed by atoms with Gasteiger partial charge in [0.25, 0.3) is 5.91 Å². The van der Waals surface area contributed by atoms with Crippen molar-refractivity contribution >= 4 is 29.3 Å². The highest BCUT2D eigenvalue weighted by Crippen LogP contribution is 2.21. The molecule has 0 bridgehead atoms. The lowest BCUT2D eigenvalue weighted by Crippen LogP contribution is -2.30. The molecule has 0 fully saturated rings. The van der Waals surface area contributed by atoms with Crippen LogP contribution < -0.4 is 10.9 Å². The largest absolute Gasteiger partial charge is 0.452 e. The second-order valence-electron chi connectivity index (χ2n) is 5.55. The highest BCUT2D eigenvalue weighted by atomic mass is 32.2. The average molecular weight is 389 g/mol. The maximum Gasteiger partial charge on any atom is 0.317 e. The molecule has 7 nitrogen and oxygen atoms in total. The molecular weight excluding hydrogens is 373 g/mol. The zero-order valence-electron chi connectivity index (χ0n) is 14.5. The Morgan fingerprint density at radius 2 is 2.04 bits per heavy atom. The van der Waals surface area contributed by atoms with Crippen molar-refractivity contribution in [2.75, 3.05) is 11.1 Å². The van der Waals surface area contributed by atoms with Crippen LogP contribution in [0.3, 0.4) is 0 Å². The maximum absolute atomic E-state index is 12.9. The van der Waals surface area contributed by atoms with Crippen molar-refractivity contribution in [3.63, 3.8) is 0 Å². The minimum atomic E-state index is -1.07. The number of nitrogens with zero attached hydrogens (tertiary/aromatic N) is 1. The van der Waals surface area contributed by atoms with Gasteiger partial charge in [-0.2, -0.15) is 5.26 Å². The fraction of sp³-hybridized carbons (Fsp3) is 0.222. The van der Waals surface area contributed by atoms with Crippen LogP contribution in [0.1, 0.15) is 18.1 Å². The third-order valence-electron chi connectivity index (χ3n) is 3.44. The summed E-state index contributed by atoms with van der Waals surface area (Å²) < 4.78 is 17.9. The third kappa shape index (κ3) is 5.69. The summed E-state index contributed by atoms with van der Waals surface area (Å²) in [4.78, 5) is 38.0. The molecule has 0 aliphatic heterocycles. The number of pyridine rings is 1. The summed E-state index contributed by atoms with van der Waals surface area (Å²) >= 11 is 0.941. The molecule has 0 saturated heterocycles. The monoisotopic (exact) mass is 389 g/mol. The van der Waals surface area contributed by atoms with Crippen LogP contribution >= 0.6 is 11.8 Å². The molecule has 2 aromatic rings. The first kappa shape index (κ1) is 20.2. The van der Waals surface area contributed by atoms with Gasteiger partial charge in [0.2, 0.25) is 5.56 Å². The van der Waals surface area contributed by atoms with Gasteiger partial charge in [-0.05, 0) is 43.7 Å². The second kappa shape index (κ2) is 9.00. The summed E-state index contributed by atoms with van der Waals surface area (Å²) in [5.74, 6) is -1.88. The van der Waals surface area contributed by atoms with E-state index in [1.54, 1.807) is 6.92 Å². The molecule has 0 saturated carbocycles. The fourth-order valence-electron chi connectivity index (χ4n) is 2.10. The van der Waals surface area contributed by atoms with Gasteiger partial charge in [0, 0.05) is 11.8 Å². The number of anilines is 1. The number of halogens is 1. The predicted molar refractivity (Wildman–Crippen MR) is 97.8 cm³/mol. The Hall–Kier alpha value is -3.12.